The van der Waals surface area contributed by atoms with Gasteiger partial charge in [0.05, 0.1) is 25.5 Å². The molecule has 2 aromatic heterocycles. The van der Waals surface area contributed by atoms with E-state index in [2.05, 4.69) is 10.4 Å². The van der Waals surface area contributed by atoms with E-state index in [0.717, 1.165) is 11.6 Å². The molecule has 0 atom stereocenters. The standard InChI is InChI=1S/C14H20N4O2/c1-11(2)18-13(6-7-15-18)16-14(19)10-17(3)9-12-5-4-8-20-12/h4-8,11H,9-10H2,1-3H3,(H,16,19). The van der Waals surface area contributed by atoms with Gasteiger partial charge in [0.25, 0.3) is 0 Å². The van der Waals surface area contributed by atoms with Crippen LogP contribution >= 0.6 is 0 Å². The molecule has 0 aromatic carbocycles. The quantitative estimate of drug-likeness (QED) is 0.878. The predicted molar refractivity (Wildman–Crippen MR) is 76.3 cm³/mol. The molecule has 6 heteroatoms. The Labute approximate surface area is 118 Å². The third-order valence-corrected chi connectivity index (χ3v) is 2.85. The van der Waals surface area contributed by atoms with Crippen molar-refractivity contribution in [3.8, 4) is 0 Å². The molecule has 0 aliphatic rings. The Morgan fingerprint density at radius 1 is 1.50 bits per heavy atom. The van der Waals surface area contributed by atoms with Crippen LogP contribution in [0.25, 0.3) is 0 Å². The predicted octanol–water partition coefficient (Wildman–Crippen LogP) is 2.13. The third kappa shape index (κ3) is 3.71. The van der Waals surface area contributed by atoms with E-state index in [1.165, 1.54) is 0 Å². The molecule has 6 nitrogen and oxygen atoms in total. The first-order chi connectivity index (χ1) is 9.56. The maximum Gasteiger partial charge on any atom is 0.239 e. The Bertz CT molecular complexity index is 545. The van der Waals surface area contributed by atoms with E-state index in [1.807, 2.05) is 37.9 Å². The fourth-order valence-electron chi connectivity index (χ4n) is 1.98. The molecule has 0 aliphatic carbocycles. The first-order valence-corrected chi connectivity index (χ1v) is 6.60. The second-order valence-electron chi connectivity index (χ2n) is 5.05. The van der Waals surface area contributed by atoms with E-state index in [9.17, 15) is 4.79 Å². The molecule has 0 spiro atoms. The average molecular weight is 276 g/mol. The normalized spacial score (nSPS) is 11.2. The fourth-order valence-corrected chi connectivity index (χ4v) is 1.98. The number of anilines is 1. The smallest absolute Gasteiger partial charge is 0.239 e. The van der Waals surface area contributed by atoms with E-state index in [4.69, 9.17) is 4.42 Å². The largest absolute Gasteiger partial charge is 0.468 e. The zero-order chi connectivity index (χ0) is 14.5. The van der Waals surface area contributed by atoms with Gasteiger partial charge >= 0.3 is 0 Å². The number of carbonyl (C=O) groups is 1. The van der Waals surface area contributed by atoms with Crippen molar-refractivity contribution >= 4 is 11.7 Å². The molecule has 0 saturated carbocycles. The maximum atomic E-state index is 12.0. The number of carbonyl (C=O) groups excluding carboxylic acids is 1. The lowest BCUT2D eigenvalue weighted by atomic mass is 10.4. The van der Waals surface area contributed by atoms with Crippen molar-refractivity contribution in [3.05, 3.63) is 36.4 Å². The summed E-state index contributed by atoms with van der Waals surface area (Å²) in [6, 6.07) is 5.73. The van der Waals surface area contributed by atoms with Crippen molar-refractivity contribution in [1.29, 1.82) is 0 Å². The minimum absolute atomic E-state index is 0.0681. The lowest BCUT2D eigenvalue weighted by Gasteiger charge is -2.16. The van der Waals surface area contributed by atoms with Gasteiger partial charge in [-0.15, -0.1) is 0 Å². The summed E-state index contributed by atoms with van der Waals surface area (Å²) in [5, 5.41) is 7.05. The molecule has 0 saturated heterocycles. The zero-order valence-corrected chi connectivity index (χ0v) is 12.0. The van der Waals surface area contributed by atoms with Gasteiger partial charge in [-0.05, 0) is 33.0 Å². The molecule has 1 N–H and O–H groups in total. The number of hydrogen-bond donors (Lipinski definition) is 1. The van der Waals surface area contributed by atoms with Crippen molar-refractivity contribution < 1.29 is 9.21 Å². The molecule has 108 valence electrons. The number of likely N-dealkylation sites (N-methyl/N-ethyl adjacent to an activating group) is 1. The molecule has 0 radical (unpaired) electrons. The van der Waals surface area contributed by atoms with Gasteiger partial charge in [-0.25, -0.2) is 4.68 Å². The maximum absolute atomic E-state index is 12.0. The first kappa shape index (κ1) is 14.3. The lowest BCUT2D eigenvalue weighted by molar-refractivity contribution is -0.117. The van der Waals surface area contributed by atoms with E-state index in [-0.39, 0.29) is 11.9 Å². The lowest BCUT2D eigenvalue weighted by Crippen LogP contribution is -2.30. The Morgan fingerprint density at radius 2 is 2.30 bits per heavy atom. The average Bonchev–Trinajstić information content (AvgIpc) is 2.99. The van der Waals surface area contributed by atoms with Crippen LogP contribution in [0, 0.1) is 0 Å². The molecule has 0 bridgehead atoms. The molecule has 2 rings (SSSR count). The molecule has 0 unspecified atom stereocenters. The third-order valence-electron chi connectivity index (χ3n) is 2.85. The SMILES string of the molecule is CC(C)n1nccc1NC(=O)CN(C)Cc1ccco1. The summed E-state index contributed by atoms with van der Waals surface area (Å²) in [5.41, 5.74) is 0. The van der Waals surface area contributed by atoms with Crippen LogP contribution in [-0.2, 0) is 11.3 Å². The minimum Gasteiger partial charge on any atom is -0.468 e. The van der Waals surface area contributed by atoms with Gasteiger partial charge in [0, 0.05) is 12.1 Å². The second-order valence-corrected chi connectivity index (χ2v) is 5.05. The van der Waals surface area contributed by atoms with Crippen molar-refractivity contribution in [2.75, 3.05) is 18.9 Å². The van der Waals surface area contributed by atoms with Crippen LogP contribution in [0.1, 0.15) is 25.6 Å². The molecule has 2 aromatic rings. The Balaban J connectivity index is 1.87. The number of nitrogens with one attached hydrogen (secondary N) is 1. The Hall–Kier alpha value is -2.08. The topological polar surface area (TPSA) is 63.3 Å². The van der Waals surface area contributed by atoms with Crippen molar-refractivity contribution in [1.82, 2.24) is 14.7 Å². The first-order valence-electron chi connectivity index (χ1n) is 6.60. The summed E-state index contributed by atoms with van der Waals surface area (Å²) in [4.78, 5) is 13.9. The van der Waals surface area contributed by atoms with Gasteiger partial charge in [0.2, 0.25) is 5.91 Å². The number of rotatable bonds is 6. The number of hydrogen-bond acceptors (Lipinski definition) is 4. The summed E-state index contributed by atoms with van der Waals surface area (Å²) < 4.78 is 7.04. The summed E-state index contributed by atoms with van der Waals surface area (Å²) >= 11 is 0. The molecule has 20 heavy (non-hydrogen) atoms. The van der Waals surface area contributed by atoms with E-state index < -0.39 is 0 Å². The van der Waals surface area contributed by atoms with Crippen LogP contribution in [0.15, 0.2) is 35.1 Å². The Kier molecular flexibility index (Phi) is 4.57. The summed E-state index contributed by atoms with van der Waals surface area (Å²) in [6.45, 7) is 4.94. The summed E-state index contributed by atoms with van der Waals surface area (Å²) in [6.07, 6.45) is 3.31. The molecule has 1 amide bonds. The van der Waals surface area contributed by atoms with Gasteiger partial charge in [-0.1, -0.05) is 0 Å². The highest BCUT2D eigenvalue weighted by Gasteiger charge is 2.12. The second kappa shape index (κ2) is 6.38. The van der Waals surface area contributed by atoms with Gasteiger partial charge in [-0.2, -0.15) is 5.10 Å². The fraction of sp³-hybridized carbons (Fsp3) is 0.429. The highest BCUT2D eigenvalue weighted by Crippen LogP contribution is 2.13. The minimum atomic E-state index is -0.0681. The van der Waals surface area contributed by atoms with Gasteiger partial charge in [0.1, 0.15) is 11.6 Å². The highest BCUT2D eigenvalue weighted by atomic mass is 16.3. The van der Waals surface area contributed by atoms with Crippen LogP contribution in [0.2, 0.25) is 0 Å². The van der Waals surface area contributed by atoms with E-state index >= 15 is 0 Å². The van der Waals surface area contributed by atoms with Gasteiger partial charge < -0.3 is 9.73 Å². The van der Waals surface area contributed by atoms with E-state index in [0.29, 0.717) is 13.1 Å². The summed E-state index contributed by atoms with van der Waals surface area (Å²) in [5.74, 6) is 1.49. The molecule has 2 heterocycles. The van der Waals surface area contributed by atoms with Crippen molar-refractivity contribution in [2.24, 2.45) is 0 Å². The van der Waals surface area contributed by atoms with Crippen molar-refractivity contribution in [3.63, 3.8) is 0 Å². The van der Waals surface area contributed by atoms with Crippen LogP contribution < -0.4 is 5.32 Å². The number of aromatic nitrogens is 2. The van der Waals surface area contributed by atoms with Crippen molar-refractivity contribution in [2.45, 2.75) is 26.4 Å². The number of furan rings is 1. The van der Waals surface area contributed by atoms with Crippen LogP contribution in [0.4, 0.5) is 5.82 Å². The zero-order valence-electron chi connectivity index (χ0n) is 12.0. The number of amides is 1. The Morgan fingerprint density at radius 3 is 2.95 bits per heavy atom. The van der Waals surface area contributed by atoms with Gasteiger partial charge in [-0.3, -0.25) is 9.69 Å². The molecule has 0 aliphatic heterocycles. The van der Waals surface area contributed by atoms with E-state index in [1.54, 1.807) is 23.2 Å². The molecular weight excluding hydrogens is 256 g/mol. The van der Waals surface area contributed by atoms with Gasteiger partial charge in [0.15, 0.2) is 0 Å². The van der Waals surface area contributed by atoms with Crippen LogP contribution in [0.5, 0.6) is 0 Å². The monoisotopic (exact) mass is 276 g/mol. The number of nitrogens with zero attached hydrogens (tertiary/aromatic N) is 3. The highest BCUT2D eigenvalue weighted by molar-refractivity contribution is 5.91. The van der Waals surface area contributed by atoms with Crippen LogP contribution in [0.3, 0.4) is 0 Å². The molecular formula is C14H20N4O2. The van der Waals surface area contributed by atoms with Crippen LogP contribution in [-0.4, -0.2) is 34.2 Å². The summed E-state index contributed by atoms with van der Waals surface area (Å²) in [7, 11) is 1.88. The molecule has 0 fully saturated rings.